The average molecular weight is 444 g/mol. The minimum absolute atomic E-state index is 0.0799. The van der Waals surface area contributed by atoms with Gasteiger partial charge in [0.15, 0.2) is 6.10 Å². The van der Waals surface area contributed by atoms with E-state index in [-0.39, 0.29) is 18.0 Å². The van der Waals surface area contributed by atoms with Gasteiger partial charge < -0.3 is 10.1 Å². The van der Waals surface area contributed by atoms with Crippen LogP contribution in [-0.4, -0.2) is 32.0 Å². The van der Waals surface area contributed by atoms with Crippen molar-refractivity contribution in [3.8, 4) is 5.75 Å². The minimum Gasteiger partial charge on any atom is -0.476 e. The van der Waals surface area contributed by atoms with Crippen molar-refractivity contribution >= 4 is 33.2 Å². The maximum atomic E-state index is 13.3. The zero-order valence-electron chi connectivity index (χ0n) is 15.7. The van der Waals surface area contributed by atoms with Crippen LogP contribution in [0, 0.1) is 0 Å². The Labute approximate surface area is 179 Å². The molecular weight excluding hydrogens is 426 g/mol. The summed E-state index contributed by atoms with van der Waals surface area (Å²) in [7, 11) is -3.92. The summed E-state index contributed by atoms with van der Waals surface area (Å²) in [6.45, 7) is 0.0567. The smallest absolute Gasteiger partial charge is 0.264 e. The molecule has 1 aliphatic rings. The molecule has 0 fully saturated rings. The number of nitrogens with one attached hydrogen (secondary N) is 1. The monoisotopic (exact) mass is 443 g/mol. The van der Waals surface area contributed by atoms with Crippen LogP contribution in [0.2, 0.25) is 5.02 Å². The van der Waals surface area contributed by atoms with Crippen LogP contribution in [0.15, 0.2) is 77.8 Å². The number of aromatic nitrogens is 1. The minimum atomic E-state index is -3.92. The summed E-state index contributed by atoms with van der Waals surface area (Å²) in [5.41, 5.74) is 1.06. The number of anilines is 1. The lowest BCUT2D eigenvalue weighted by Gasteiger charge is -2.34. The molecule has 1 aromatic heterocycles. The molecule has 3 aromatic rings. The third-order valence-corrected chi connectivity index (χ3v) is 6.64. The Morgan fingerprint density at radius 1 is 1.10 bits per heavy atom. The van der Waals surface area contributed by atoms with Gasteiger partial charge in [-0.15, -0.1) is 0 Å². The van der Waals surface area contributed by atoms with Gasteiger partial charge >= 0.3 is 0 Å². The zero-order valence-corrected chi connectivity index (χ0v) is 17.3. The van der Waals surface area contributed by atoms with Gasteiger partial charge in [0.25, 0.3) is 15.9 Å². The molecule has 7 nitrogen and oxygen atoms in total. The highest BCUT2D eigenvalue weighted by molar-refractivity contribution is 7.92. The van der Waals surface area contributed by atoms with Crippen LogP contribution in [0.5, 0.6) is 5.75 Å². The number of sulfonamides is 1. The van der Waals surface area contributed by atoms with E-state index in [0.29, 0.717) is 22.2 Å². The number of para-hydroxylation sites is 2. The SMILES string of the molecule is O=C(NCc1ccccn1)[C@@H]1CN(S(=O)(=O)c2ccc(Cl)cc2)c2ccccc2O1. The van der Waals surface area contributed by atoms with Crippen LogP contribution >= 0.6 is 11.6 Å². The molecule has 1 N–H and O–H groups in total. The number of hydrogen-bond donors (Lipinski definition) is 1. The molecule has 154 valence electrons. The Morgan fingerprint density at radius 3 is 2.57 bits per heavy atom. The van der Waals surface area contributed by atoms with Crippen LogP contribution < -0.4 is 14.4 Å². The molecule has 0 radical (unpaired) electrons. The van der Waals surface area contributed by atoms with Crippen molar-refractivity contribution in [1.82, 2.24) is 10.3 Å². The highest BCUT2D eigenvalue weighted by Gasteiger charge is 2.37. The average Bonchev–Trinajstić information content (AvgIpc) is 2.77. The molecule has 0 saturated heterocycles. The summed E-state index contributed by atoms with van der Waals surface area (Å²) in [4.78, 5) is 17.0. The van der Waals surface area contributed by atoms with Gasteiger partial charge in [-0.3, -0.25) is 14.1 Å². The zero-order chi connectivity index (χ0) is 21.1. The molecule has 0 saturated carbocycles. The van der Waals surface area contributed by atoms with Gasteiger partial charge in [-0.25, -0.2) is 8.42 Å². The molecule has 0 unspecified atom stereocenters. The van der Waals surface area contributed by atoms with E-state index >= 15 is 0 Å². The van der Waals surface area contributed by atoms with Crippen LogP contribution in [0.3, 0.4) is 0 Å². The third kappa shape index (κ3) is 4.10. The topological polar surface area (TPSA) is 88.6 Å². The standard InChI is InChI=1S/C21H18ClN3O4S/c22-15-8-10-17(11-9-15)30(27,28)25-14-20(29-19-7-2-1-6-18(19)25)21(26)24-13-16-5-3-4-12-23-16/h1-12,20H,13-14H2,(H,24,26)/t20-/m0/s1. The molecule has 1 atom stereocenters. The van der Waals surface area contributed by atoms with E-state index in [4.69, 9.17) is 16.3 Å². The molecule has 1 amide bonds. The Kier molecular flexibility index (Phi) is 5.61. The first-order valence-electron chi connectivity index (χ1n) is 9.17. The number of pyridine rings is 1. The van der Waals surface area contributed by atoms with Crippen molar-refractivity contribution < 1.29 is 17.9 Å². The number of hydrogen-bond acceptors (Lipinski definition) is 5. The van der Waals surface area contributed by atoms with E-state index in [9.17, 15) is 13.2 Å². The molecule has 4 rings (SSSR count). The van der Waals surface area contributed by atoms with Gasteiger partial charge in [0.2, 0.25) is 0 Å². The second kappa shape index (κ2) is 8.33. The summed E-state index contributed by atoms with van der Waals surface area (Å²) in [6.07, 6.45) is 0.626. The predicted octanol–water partition coefficient (Wildman–Crippen LogP) is 3.01. The van der Waals surface area contributed by atoms with E-state index < -0.39 is 22.0 Å². The van der Waals surface area contributed by atoms with E-state index in [0.717, 1.165) is 0 Å². The summed E-state index contributed by atoms with van der Waals surface area (Å²) < 4.78 is 33.6. The number of carbonyl (C=O) groups is 1. The predicted molar refractivity (Wildman–Crippen MR) is 113 cm³/mol. The summed E-state index contributed by atoms with van der Waals surface area (Å²) >= 11 is 5.89. The Balaban J connectivity index is 1.60. The van der Waals surface area contributed by atoms with Gasteiger partial charge in [-0.05, 0) is 48.5 Å². The second-order valence-corrected chi connectivity index (χ2v) is 8.90. The van der Waals surface area contributed by atoms with Crippen LogP contribution in [0.4, 0.5) is 5.69 Å². The molecule has 0 aliphatic carbocycles. The number of amides is 1. The van der Waals surface area contributed by atoms with E-state index in [1.54, 1.807) is 42.6 Å². The summed E-state index contributed by atoms with van der Waals surface area (Å²) in [5, 5.41) is 3.19. The Hall–Kier alpha value is -3.10. The lowest BCUT2D eigenvalue weighted by Crippen LogP contribution is -2.50. The van der Waals surface area contributed by atoms with Gasteiger partial charge in [0, 0.05) is 11.2 Å². The van der Waals surface area contributed by atoms with Crippen LogP contribution in [0.25, 0.3) is 0 Å². The van der Waals surface area contributed by atoms with Crippen LogP contribution in [0.1, 0.15) is 5.69 Å². The van der Waals surface area contributed by atoms with E-state index in [1.165, 1.54) is 28.6 Å². The van der Waals surface area contributed by atoms with Crippen molar-refractivity contribution in [3.63, 3.8) is 0 Å². The number of carbonyl (C=O) groups excluding carboxylic acids is 1. The Morgan fingerprint density at radius 2 is 1.83 bits per heavy atom. The molecule has 0 spiro atoms. The second-order valence-electron chi connectivity index (χ2n) is 6.60. The molecule has 0 bridgehead atoms. The van der Waals surface area contributed by atoms with Crippen molar-refractivity contribution in [2.45, 2.75) is 17.5 Å². The number of rotatable bonds is 5. The van der Waals surface area contributed by atoms with Gasteiger partial charge in [-0.2, -0.15) is 0 Å². The van der Waals surface area contributed by atoms with Gasteiger partial charge in [-0.1, -0.05) is 29.8 Å². The molecule has 1 aliphatic heterocycles. The summed E-state index contributed by atoms with van der Waals surface area (Å²) in [6, 6.07) is 18.0. The van der Waals surface area contributed by atoms with Crippen molar-refractivity contribution in [3.05, 3.63) is 83.6 Å². The maximum absolute atomic E-state index is 13.3. The fourth-order valence-corrected chi connectivity index (χ4v) is 4.70. The largest absolute Gasteiger partial charge is 0.476 e. The molecule has 9 heteroatoms. The first kappa shape index (κ1) is 20.2. The van der Waals surface area contributed by atoms with Crippen molar-refractivity contribution in [2.75, 3.05) is 10.8 Å². The summed E-state index contributed by atoms with van der Waals surface area (Å²) in [5.74, 6) is -0.106. The maximum Gasteiger partial charge on any atom is 0.264 e. The van der Waals surface area contributed by atoms with Crippen molar-refractivity contribution in [2.24, 2.45) is 0 Å². The Bertz CT molecular complexity index is 1150. The number of ether oxygens (including phenoxy) is 1. The quantitative estimate of drug-likeness (QED) is 0.654. The van der Waals surface area contributed by atoms with Gasteiger partial charge in [0.1, 0.15) is 5.75 Å². The lowest BCUT2D eigenvalue weighted by atomic mass is 10.2. The van der Waals surface area contributed by atoms with E-state index in [2.05, 4.69) is 10.3 Å². The number of nitrogens with zero attached hydrogens (tertiary/aromatic N) is 2. The third-order valence-electron chi connectivity index (χ3n) is 4.60. The van der Waals surface area contributed by atoms with Gasteiger partial charge in [0.05, 0.1) is 29.4 Å². The fourth-order valence-electron chi connectivity index (χ4n) is 3.09. The molecular formula is C21H18ClN3O4S. The first-order chi connectivity index (χ1) is 14.4. The molecule has 2 heterocycles. The first-order valence-corrected chi connectivity index (χ1v) is 11.0. The number of halogens is 1. The van der Waals surface area contributed by atoms with E-state index in [1.807, 2.05) is 6.07 Å². The van der Waals surface area contributed by atoms with Crippen LogP contribution in [-0.2, 0) is 21.4 Å². The highest BCUT2D eigenvalue weighted by atomic mass is 35.5. The van der Waals surface area contributed by atoms with Crippen molar-refractivity contribution in [1.29, 1.82) is 0 Å². The molecule has 2 aromatic carbocycles. The number of benzene rings is 2. The normalized spacial score (nSPS) is 15.8. The fraction of sp³-hybridized carbons (Fsp3) is 0.143. The highest BCUT2D eigenvalue weighted by Crippen LogP contribution is 2.36. The lowest BCUT2D eigenvalue weighted by molar-refractivity contribution is -0.127. The number of fused-ring (bicyclic) bond motifs is 1. The molecule has 30 heavy (non-hydrogen) atoms.